The number of nitrogen functional groups attached to an aromatic ring is 1. The first-order valence-electron chi connectivity index (χ1n) is 10.5. The van der Waals surface area contributed by atoms with Crippen molar-refractivity contribution >= 4 is 56.1 Å². The third-order valence-electron chi connectivity index (χ3n) is 6.22. The van der Waals surface area contributed by atoms with Gasteiger partial charge in [-0.1, -0.05) is 18.2 Å². The fourth-order valence-electron chi connectivity index (χ4n) is 4.56. The average Bonchev–Trinajstić information content (AvgIpc) is 3.24. The standard InChI is InChI=1S/C22H19BrN8O2/c23-18-19(24)31-20(15(10-26-31)13-7-12-3-1-2-4-16(12)25-9-13)28-21(18)29-5-6-30-14(11-29)8-17(32)27-22(30)33/h1-4,7,9-10,14H,5-6,8,11,24H2,(H,27,32,33). The third kappa shape index (κ3) is 3.18. The van der Waals surface area contributed by atoms with Gasteiger partial charge < -0.3 is 15.5 Å². The number of nitrogens with two attached hydrogens (primary N) is 1. The van der Waals surface area contributed by atoms with Gasteiger partial charge in [-0.25, -0.2) is 9.78 Å². The van der Waals surface area contributed by atoms with Crippen molar-refractivity contribution in [1.29, 1.82) is 0 Å². The predicted octanol–water partition coefficient (Wildman–Crippen LogP) is 2.42. The van der Waals surface area contributed by atoms with E-state index < -0.39 is 0 Å². The maximum absolute atomic E-state index is 12.2. The molecule has 166 valence electrons. The molecule has 3 amide bonds. The van der Waals surface area contributed by atoms with E-state index in [9.17, 15) is 9.59 Å². The molecule has 0 radical (unpaired) electrons. The molecule has 4 aromatic rings. The Hall–Kier alpha value is -3.73. The number of piperazine rings is 1. The van der Waals surface area contributed by atoms with Crippen molar-refractivity contribution in [3.63, 3.8) is 0 Å². The summed E-state index contributed by atoms with van der Waals surface area (Å²) in [7, 11) is 0. The van der Waals surface area contributed by atoms with Crippen LogP contribution in [-0.2, 0) is 4.79 Å². The zero-order chi connectivity index (χ0) is 22.7. The number of rotatable bonds is 2. The molecule has 0 spiro atoms. The van der Waals surface area contributed by atoms with Crippen LogP contribution in [-0.4, -0.2) is 62.1 Å². The van der Waals surface area contributed by atoms with Crippen LogP contribution in [0.2, 0.25) is 0 Å². The van der Waals surface area contributed by atoms with Gasteiger partial charge in [0.2, 0.25) is 5.91 Å². The zero-order valence-electron chi connectivity index (χ0n) is 17.4. The molecule has 3 aromatic heterocycles. The largest absolute Gasteiger partial charge is 0.383 e. The highest BCUT2D eigenvalue weighted by Crippen LogP contribution is 2.35. The van der Waals surface area contributed by atoms with E-state index in [1.54, 1.807) is 15.6 Å². The van der Waals surface area contributed by atoms with Gasteiger partial charge >= 0.3 is 6.03 Å². The van der Waals surface area contributed by atoms with Crippen LogP contribution in [0, 0.1) is 0 Å². The summed E-state index contributed by atoms with van der Waals surface area (Å²) in [5.41, 5.74) is 9.67. The van der Waals surface area contributed by atoms with Crippen LogP contribution in [0.25, 0.3) is 27.7 Å². The summed E-state index contributed by atoms with van der Waals surface area (Å²) in [6, 6.07) is 9.44. The minimum Gasteiger partial charge on any atom is -0.383 e. The first-order valence-corrected chi connectivity index (χ1v) is 11.3. The van der Waals surface area contributed by atoms with Gasteiger partial charge in [0.25, 0.3) is 0 Å². The molecule has 5 heterocycles. The Balaban J connectivity index is 1.42. The molecule has 2 saturated heterocycles. The molecule has 1 atom stereocenters. The van der Waals surface area contributed by atoms with Crippen LogP contribution in [0.1, 0.15) is 6.42 Å². The first kappa shape index (κ1) is 19.9. The summed E-state index contributed by atoms with van der Waals surface area (Å²) in [6.07, 6.45) is 3.81. The number of hydrogen-bond acceptors (Lipinski definition) is 7. The lowest BCUT2D eigenvalue weighted by Gasteiger charge is -2.43. The molecule has 0 bridgehead atoms. The number of nitrogens with one attached hydrogen (secondary N) is 1. The number of halogens is 1. The number of nitrogens with zero attached hydrogens (tertiary/aromatic N) is 6. The molecule has 2 fully saturated rings. The number of urea groups is 1. The molecule has 1 aromatic carbocycles. The maximum Gasteiger partial charge on any atom is 0.324 e. The molecule has 0 saturated carbocycles. The highest BCUT2D eigenvalue weighted by atomic mass is 79.9. The Bertz CT molecular complexity index is 1450. The maximum atomic E-state index is 12.2. The molecule has 2 aliphatic heterocycles. The third-order valence-corrected chi connectivity index (χ3v) is 6.98. The number of fused-ring (bicyclic) bond motifs is 3. The van der Waals surface area contributed by atoms with E-state index in [0.29, 0.717) is 41.4 Å². The van der Waals surface area contributed by atoms with Gasteiger partial charge in [0.15, 0.2) is 5.65 Å². The second-order valence-electron chi connectivity index (χ2n) is 8.20. The monoisotopic (exact) mass is 506 g/mol. The normalized spacial score (nSPS) is 18.6. The van der Waals surface area contributed by atoms with Crippen molar-refractivity contribution in [1.82, 2.24) is 29.8 Å². The van der Waals surface area contributed by atoms with Gasteiger partial charge in [0.05, 0.1) is 17.8 Å². The lowest BCUT2D eigenvalue weighted by atomic mass is 10.1. The predicted molar refractivity (Wildman–Crippen MR) is 127 cm³/mol. The van der Waals surface area contributed by atoms with Gasteiger partial charge in [0, 0.05) is 48.8 Å². The van der Waals surface area contributed by atoms with Crippen molar-refractivity contribution in [2.75, 3.05) is 30.3 Å². The molecule has 3 N–H and O–H groups in total. The van der Waals surface area contributed by atoms with Gasteiger partial charge in [0.1, 0.15) is 16.1 Å². The van der Waals surface area contributed by atoms with Crippen LogP contribution in [0.4, 0.5) is 16.4 Å². The number of anilines is 2. The van der Waals surface area contributed by atoms with Gasteiger partial charge in [-0.05, 0) is 28.1 Å². The Kier molecular flexibility index (Phi) is 4.47. The Morgan fingerprint density at radius 3 is 2.88 bits per heavy atom. The summed E-state index contributed by atoms with van der Waals surface area (Å²) in [4.78, 5) is 37.3. The van der Waals surface area contributed by atoms with Crippen LogP contribution in [0.5, 0.6) is 0 Å². The van der Waals surface area contributed by atoms with Crippen LogP contribution in [0.3, 0.4) is 0 Å². The first-order chi connectivity index (χ1) is 16.0. The van der Waals surface area contributed by atoms with Crippen molar-refractivity contribution in [3.05, 3.63) is 47.2 Å². The second-order valence-corrected chi connectivity index (χ2v) is 8.99. The number of aromatic nitrogens is 4. The number of para-hydroxylation sites is 1. The van der Waals surface area contributed by atoms with Gasteiger partial charge in [-0.15, -0.1) is 0 Å². The van der Waals surface area contributed by atoms with Crippen molar-refractivity contribution in [2.45, 2.75) is 12.5 Å². The summed E-state index contributed by atoms with van der Waals surface area (Å²) >= 11 is 3.58. The number of amides is 3. The van der Waals surface area contributed by atoms with Crippen molar-refractivity contribution < 1.29 is 9.59 Å². The number of benzene rings is 1. The van der Waals surface area contributed by atoms with E-state index in [1.807, 2.05) is 30.5 Å². The number of pyridine rings is 1. The summed E-state index contributed by atoms with van der Waals surface area (Å²) in [5.74, 6) is 0.829. The minimum absolute atomic E-state index is 0.208. The van der Waals surface area contributed by atoms with Crippen molar-refractivity contribution in [3.8, 4) is 11.1 Å². The number of carbonyl (C=O) groups excluding carboxylic acids is 2. The lowest BCUT2D eigenvalue weighted by Crippen LogP contribution is -2.63. The molecule has 1 unspecified atom stereocenters. The Labute approximate surface area is 196 Å². The fourth-order valence-corrected chi connectivity index (χ4v) is 5.07. The molecule has 2 aliphatic rings. The van der Waals surface area contributed by atoms with Crippen LogP contribution in [0.15, 0.2) is 47.2 Å². The van der Waals surface area contributed by atoms with Gasteiger partial charge in [-0.2, -0.15) is 9.61 Å². The number of hydrogen-bond donors (Lipinski definition) is 2. The molecule has 33 heavy (non-hydrogen) atoms. The molecule has 0 aliphatic carbocycles. The Morgan fingerprint density at radius 2 is 2.00 bits per heavy atom. The molecular formula is C22H19BrN8O2. The van der Waals surface area contributed by atoms with E-state index in [1.165, 1.54) is 0 Å². The SMILES string of the molecule is Nc1c(Br)c(N2CCN3C(=O)NC(=O)CC3C2)nc2c(-c3cnc4ccccc4c3)cnn12. The van der Waals surface area contributed by atoms with E-state index in [2.05, 4.69) is 42.3 Å². The molecule has 10 nitrogen and oxygen atoms in total. The van der Waals surface area contributed by atoms with E-state index in [4.69, 9.17) is 10.7 Å². The Morgan fingerprint density at radius 1 is 1.15 bits per heavy atom. The minimum atomic E-state index is -0.334. The summed E-state index contributed by atoms with van der Waals surface area (Å²) < 4.78 is 2.23. The molecule has 6 rings (SSSR count). The smallest absolute Gasteiger partial charge is 0.324 e. The van der Waals surface area contributed by atoms with Crippen LogP contribution < -0.4 is 16.0 Å². The molecule has 11 heteroatoms. The quantitative estimate of drug-likeness (QED) is 0.428. The van der Waals surface area contributed by atoms with E-state index >= 15 is 0 Å². The summed E-state index contributed by atoms with van der Waals surface area (Å²) in [5, 5.41) is 7.86. The topological polar surface area (TPSA) is 122 Å². The van der Waals surface area contributed by atoms with Gasteiger partial charge in [-0.3, -0.25) is 15.1 Å². The number of imide groups is 1. The van der Waals surface area contributed by atoms with E-state index in [0.717, 1.165) is 22.0 Å². The van der Waals surface area contributed by atoms with Crippen molar-refractivity contribution in [2.24, 2.45) is 0 Å². The number of carbonyl (C=O) groups is 2. The highest BCUT2D eigenvalue weighted by molar-refractivity contribution is 9.10. The fraction of sp³-hybridized carbons (Fsp3) is 0.227. The summed E-state index contributed by atoms with van der Waals surface area (Å²) in [6.45, 7) is 1.55. The lowest BCUT2D eigenvalue weighted by molar-refractivity contribution is -0.122. The highest BCUT2D eigenvalue weighted by Gasteiger charge is 2.37. The van der Waals surface area contributed by atoms with Crippen LogP contribution >= 0.6 is 15.9 Å². The second kappa shape index (κ2) is 7.41. The zero-order valence-corrected chi connectivity index (χ0v) is 19.0. The average molecular weight is 507 g/mol. The molecular weight excluding hydrogens is 488 g/mol. The van der Waals surface area contributed by atoms with E-state index in [-0.39, 0.29) is 24.4 Å².